The topological polar surface area (TPSA) is 42.0 Å². The number of carbonyl (C=O) groups is 1. The number of hydrogen-bond donors (Lipinski definition) is 1. The molecule has 1 aromatic carbocycles. The largest absolute Gasteiger partial charge is 0.311 e. The third kappa shape index (κ3) is 4.31. The van der Waals surface area contributed by atoms with Crippen LogP contribution in [-0.2, 0) is 11.2 Å². The molecule has 0 spiro atoms. The lowest BCUT2D eigenvalue weighted by atomic mass is 10.0. The van der Waals surface area contributed by atoms with Crippen molar-refractivity contribution in [3.05, 3.63) is 57.3 Å². The number of aromatic nitrogens is 1. The first-order valence-electron chi connectivity index (χ1n) is 6.11. The third-order valence-corrected chi connectivity index (χ3v) is 3.52. The molecule has 0 saturated heterocycles. The number of halogens is 1. The van der Waals surface area contributed by atoms with Crippen molar-refractivity contribution < 1.29 is 4.79 Å². The Kier molecular flexibility index (Phi) is 4.90. The number of benzene rings is 1. The summed E-state index contributed by atoms with van der Waals surface area (Å²) in [6.07, 6.45) is 2.96. The molecule has 0 unspecified atom stereocenters. The molecule has 0 bridgehead atoms. The van der Waals surface area contributed by atoms with Gasteiger partial charge in [0.1, 0.15) is 5.82 Å². The molecule has 1 aromatic heterocycles. The molecule has 1 N–H and O–H groups in total. The molecule has 98 valence electrons. The predicted molar refractivity (Wildman–Crippen MR) is 85.1 cm³/mol. The zero-order chi connectivity index (χ0) is 13.7. The van der Waals surface area contributed by atoms with Gasteiger partial charge in [0.25, 0.3) is 0 Å². The molecule has 0 aliphatic heterocycles. The standard InChI is InChI=1S/C15H15IN2O/c1-11-4-2-3-5-12(11)6-9-15(19)18-14-8-7-13(16)10-17-14/h2-5,7-8,10H,6,9H2,1H3,(H,17,18,19). The van der Waals surface area contributed by atoms with Crippen molar-refractivity contribution in [2.24, 2.45) is 0 Å². The normalized spacial score (nSPS) is 10.2. The molecule has 0 aliphatic rings. The maximum atomic E-state index is 11.8. The van der Waals surface area contributed by atoms with E-state index >= 15 is 0 Å². The quantitative estimate of drug-likeness (QED) is 0.841. The van der Waals surface area contributed by atoms with E-state index in [1.54, 1.807) is 6.20 Å². The molecule has 2 rings (SSSR count). The summed E-state index contributed by atoms with van der Waals surface area (Å²) in [4.78, 5) is 16.0. The second kappa shape index (κ2) is 6.65. The van der Waals surface area contributed by atoms with Crippen LogP contribution in [0.25, 0.3) is 0 Å². The molecule has 0 fully saturated rings. The highest BCUT2D eigenvalue weighted by Crippen LogP contribution is 2.11. The highest BCUT2D eigenvalue weighted by atomic mass is 127. The van der Waals surface area contributed by atoms with Crippen molar-refractivity contribution >= 4 is 34.3 Å². The van der Waals surface area contributed by atoms with Gasteiger partial charge in [-0.25, -0.2) is 4.98 Å². The molecule has 0 saturated carbocycles. The van der Waals surface area contributed by atoms with Gasteiger partial charge in [-0.15, -0.1) is 0 Å². The highest BCUT2D eigenvalue weighted by molar-refractivity contribution is 14.1. The Balaban J connectivity index is 1.88. The van der Waals surface area contributed by atoms with Gasteiger partial charge in [0.2, 0.25) is 5.91 Å². The summed E-state index contributed by atoms with van der Waals surface area (Å²) in [5, 5.41) is 2.81. The van der Waals surface area contributed by atoms with Crippen LogP contribution in [0.3, 0.4) is 0 Å². The maximum Gasteiger partial charge on any atom is 0.225 e. The number of carbonyl (C=O) groups excluding carboxylic acids is 1. The average molecular weight is 366 g/mol. The van der Waals surface area contributed by atoms with Crippen LogP contribution in [0.5, 0.6) is 0 Å². The van der Waals surface area contributed by atoms with Gasteiger partial charge in [0.15, 0.2) is 0 Å². The van der Waals surface area contributed by atoms with E-state index in [1.807, 2.05) is 24.3 Å². The first kappa shape index (κ1) is 14.0. The Morgan fingerprint density at radius 2 is 2.05 bits per heavy atom. The fourth-order valence-electron chi connectivity index (χ4n) is 1.79. The molecule has 2 aromatic rings. The SMILES string of the molecule is Cc1ccccc1CCC(=O)Nc1ccc(I)cn1. The molecule has 3 nitrogen and oxygen atoms in total. The molecular formula is C15H15IN2O. The molecule has 0 aliphatic carbocycles. The highest BCUT2D eigenvalue weighted by Gasteiger charge is 2.05. The summed E-state index contributed by atoms with van der Waals surface area (Å²) in [5.74, 6) is 0.604. The van der Waals surface area contributed by atoms with Crippen LogP contribution in [0.1, 0.15) is 17.5 Å². The minimum absolute atomic E-state index is 0.00281. The second-order valence-electron chi connectivity index (χ2n) is 4.34. The van der Waals surface area contributed by atoms with Gasteiger partial charge < -0.3 is 5.32 Å². The number of amides is 1. The number of rotatable bonds is 4. The molecule has 1 amide bonds. The Bertz CT molecular complexity index is 567. The summed E-state index contributed by atoms with van der Waals surface area (Å²) in [6.45, 7) is 2.06. The van der Waals surface area contributed by atoms with Crippen LogP contribution in [0, 0.1) is 10.5 Å². The van der Waals surface area contributed by atoms with Gasteiger partial charge in [-0.05, 0) is 59.2 Å². The lowest BCUT2D eigenvalue weighted by molar-refractivity contribution is -0.116. The minimum Gasteiger partial charge on any atom is -0.311 e. The lowest BCUT2D eigenvalue weighted by Gasteiger charge is -2.06. The number of anilines is 1. The summed E-state index contributed by atoms with van der Waals surface area (Å²) in [5.41, 5.74) is 2.44. The Morgan fingerprint density at radius 1 is 1.26 bits per heavy atom. The van der Waals surface area contributed by atoms with Gasteiger partial charge in [0.05, 0.1) is 0 Å². The van der Waals surface area contributed by atoms with E-state index in [9.17, 15) is 4.79 Å². The maximum absolute atomic E-state index is 11.8. The molecule has 19 heavy (non-hydrogen) atoms. The third-order valence-electron chi connectivity index (χ3n) is 2.88. The van der Waals surface area contributed by atoms with E-state index in [0.717, 1.165) is 9.99 Å². The fraction of sp³-hybridized carbons (Fsp3) is 0.200. The van der Waals surface area contributed by atoms with Crippen LogP contribution < -0.4 is 5.32 Å². The van der Waals surface area contributed by atoms with Gasteiger partial charge in [-0.2, -0.15) is 0 Å². The molecule has 1 heterocycles. The minimum atomic E-state index is -0.00281. The summed E-state index contributed by atoms with van der Waals surface area (Å²) < 4.78 is 1.05. The van der Waals surface area contributed by atoms with Crippen LogP contribution >= 0.6 is 22.6 Å². The fourth-order valence-corrected chi connectivity index (χ4v) is 2.11. The van der Waals surface area contributed by atoms with Crippen molar-refractivity contribution in [2.45, 2.75) is 19.8 Å². The van der Waals surface area contributed by atoms with E-state index in [-0.39, 0.29) is 5.91 Å². The average Bonchev–Trinajstić information content (AvgIpc) is 2.40. The van der Waals surface area contributed by atoms with E-state index in [1.165, 1.54) is 11.1 Å². The van der Waals surface area contributed by atoms with E-state index in [4.69, 9.17) is 0 Å². The van der Waals surface area contributed by atoms with Crippen LogP contribution in [0.15, 0.2) is 42.6 Å². The summed E-state index contributed by atoms with van der Waals surface area (Å²) >= 11 is 2.18. The van der Waals surface area contributed by atoms with Crippen molar-refractivity contribution in [1.82, 2.24) is 4.98 Å². The van der Waals surface area contributed by atoms with E-state index in [0.29, 0.717) is 12.2 Å². The molecular weight excluding hydrogens is 351 g/mol. The van der Waals surface area contributed by atoms with Gasteiger partial charge in [-0.1, -0.05) is 24.3 Å². The van der Waals surface area contributed by atoms with E-state index in [2.05, 4.69) is 51.9 Å². The van der Waals surface area contributed by atoms with Crippen LogP contribution in [0.4, 0.5) is 5.82 Å². The smallest absolute Gasteiger partial charge is 0.225 e. The molecule has 4 heteroatoms. The lowest BCUT2D eigenvalue weighted by Crippen LogP contribution is -2.13. The Labute approximate surface area is 126 Å². The number of pyridine rings is 1. The second-order valence-corrected chi connectivity index (χ2v) is 5.58. The zero-order valence-corrected chi connectivity index (χ0v) is 12.8. The van der Waals surface area contributed by atoms with Crippen LogP contribution in [-0.4, -0.2) is 10.9 Å². The van der Waals surface area contributed by atoms with Crippen molar-refractivity contribution in [3.63, 3.8) is 0 Å². The van der Waals surface area contributed by atoms with Crippen molar-refractivity contribution in [1.29, 1.82) is 0 Å². The monoisotopic (exact) mass is 366 g/mol. The van der Waals surface area contributed by atoms with Gasteiger partial charge in [0, 0.05) is 16.2 Å². The van der Waals surface area contributed by atoms with Gasteiger partial charge >= 0.3 is 0 Å². The summed E-state index contributed by atoms with van der Waals surface area (Å²) in [7, 11) is 0. The Morgan fingerprint density at radius 3 is 2.74 bits per heavy atom. The number of nitrogens with one attached hydrogen (secondary N) is 1. The van der Waals surface area contributed by atoms with E-state index < -0.39 is 0 Å². The Hall–Kier alpha value is -1.43. The molecule has 0 radical (unpaired) electrons. The summed E-state index contributed by atoms with van der Waals surface area (Å²) in [6, 6.07) is 11.9. The van der Waals surface area contributed by atoms with Crippen molar-refractivity contribution in [3.8, 4) is 0 Å². The van der Waals surface area contributed by atoms with Crippen molar-refractivity contribution in [2.75, 3.05) is 5.32 Å². The molecule has 0 atom stereocenters. The van der Waals surface area contributed by atoms with Gasteiger partial charge in [-0.3, -0.25) is 4.79 Å². The number of nitrogens with zero attached hydrogens (tertiary/aromatic N) is 1. The first-order valence-corrected chi connectivity index (χ1v) is 7.19. The van der Waals surface area contributed by atoms with Crippen LogP contribution in [0.2, 0.25) is 0 Å². The first-order chi connectivity index (χ1) is 9.15. The predicted octanol–water partition coefficient (Wildman–Crippen LogP) is 3.57. The number of hydrogen-bond acceptors (Lipinski definition) is 2. The zero-order valence-electron chi connectivity index (χ0n) is 10.7. The number of aryl methyl sites for hydroxylation is 2.